The van der Waals surface area contributed by atoms with Crippen molar-refractivity contribution in [2.45, 2.75) is 44.7 Å². The molecule has 1 atom stereocenters. The van der Waals surface area contributed by atoms with Gasteiger partial charge >= 0.3 is 0 Å². The maximum Gasteiger partial charge on any atom is 0.235 e. The molecule has 0 spiro atoms. The fraction of sp³-hybridized carbons (Fsp3) is 0.917. The van der Waals surface area contributed by atoms with Gasteiger partial charge in [-0.3, -0.25) is 4.79 Å². The summed E-state index contributed by atoms with van der Waals surface area (Å²) in [4.78, 5) is 13.4. The quantitative estimate of drug-likeness (QED) is 0.722. The lowest BCUT2D eigenvalue weighted by Gasteiger charge is -2.34. The number of carbonyl (C=O) groups excluding carboxylic acids is 1. The van der Waals surface area contributed by atoms with Crippen molar-refractivity contribution in [2.24, 2.45) is 11.7 Å². The molecule has 1 unspecified atom stereocenters. The summed E-state index contributed by atoms with van der Waals surface area (Å²) in [5, 5.41) is 2.96. The average molecular weight is 227 g/mol. The molecule has 1 amide bonds. The van der Waals surface area contributed by atoms with Gasteiger partial charge in [-0.25, -0.2) is 0 Å². The van der Waals surface area contributed by atoms with Crippen molar-refractivity contribution in [1.29, 1.82) is 0 Å². The van der Waals surface area contributed by atoms with Crippen molar-refractivity contribution >= 4 is 5.91 Å². The number of likely N-dealkylation sites (N-methyl/N-ethyl adjacent to an activating group) is 2. The molecule has 16 heavy (non-hydrogen) atoms. The number of nitrogens with zero attached hydrogens (tertiary/aromatic N) is 1. The van der Waals surface area contributed by atoms with Gasteiger partial charge in [0.1, 0.15) is 0 Å². The summed E-state index contributed by atoms with van der Waals surface area (Å²) in [5.41, 5.74) is 5.32. The molecule has 0 aliphatic heterocycles. The Kier molecular flexibility index (Phi) is 5.22. The molecule has 3 N–H and O–H groups in total. The first-order valence-electron chi connectivity index (χ1n) is 6.21. The number of nitrogens with two attached hydrogens (primary N) is 1. The Morgan fingerprint density at radius 3 is 2.44 bits per heavy atom. The lowest BCUT2D eigenvalue weighted by atomic mass is 9.86. The van der Waals surface area contributed by atoms with Crippen LogP contribution in [0.4, 0.5) is 0 Å². The first-order valence-corrected chi connectivity index (χ1v) is 6.21. The van der Waals surface area contributed by atoms with Crippen LogP contribution in [0.25, 0.3) is 0 Å². The molecule has 0 heterocycles. The smallest absolute Gasteiger partial charge is 0.235 e. The van der Waals surface area contributed by atoms with Gasteiger partial charge in [0.25, 0.3) is 0 Å². The molecule has 0 saturated heterocycles. The van der Waals surface area contributed by atoms with E-state index in [1.165, 1.54) is 25.7 Å². The summed E-state index contributed by atoms with van der Waals surface area (Å²) >= 11 is 0. The summed E-state index contributed by atoms with van der Waals surface area (Å²) in [7, 11) is 3.88. The first kappa shape index (κ1) is 13.5. The highest BCUT2D eigenvalue weighted by atomic mass is 16.1. The first-order chi connectivity index (χ1) is 7.54. The van der Waals surface area contributed by atoms with E-state index in [1.807, 2.05) is 0 Å². The standard InChI is InChI=1S/C12H25N3O/c1-9-4-6-10(7-5-9)15(3)8-11(14-2)12(13)16/h9-11,14H,4-8H2,1-3H3,(H2,13,16). The molecular weight excluding hydrogens is 202 g/mol. The van der Waals surface area contributed by atoms with E-state index in [1.54, 1.807) is 7.05 Å². The largest absolute Gasteiger partial charge is 0.368 e. The van der Waals surface area contributed by atoms with E-state index in [0.717, 1.165) is 5.92 Å². The summed E-state index contributed by atoms with van der Waals surface area (Å²) in [6, 6.07) is 0.385. The van der Waals surface area contributed by atoms with Gasteiger partial charge < -0.3 is 16.0 Å². The summed E-state index contributed by atoms with van der Waals surface area (Å²) in [6.07, 6.45) is 5.09. The number of amides is 1. The Balaban J connectivity index is 2.39. The third-order valence-electron chi connectivity index (χ3n) is 3.77. The Bertz CT molecular complexity index is 224. The van der Waals surface area contributed by atoms with Crippen LogP contribution in [-0.2, 0) is 4.79 Å². The Hall–Kier alpha value is -0.610. The van der Waals surface area contributed by atoms with E-state index < -0.39 is 0 Å². The number of nitrogens with one attached hydrogen (secondary N) is 1. The summed E-state index contributed by atoms with van der Waals surface area (Å²) in [5.74, 6) is 0.597. The maximum absolute atomic E-state index is 11.1. The van der Waals surface area contributed by atoms with Gasteiger partial charge in [0.2, 0.25) is 5.91 Å². The van der Waals surface area contributed by atoms with Gasteiger partial charge in [-0.2, -0.15) is 0 Å². The molecule has 1 rings (SSSR count). The number of hydrogen-bond donors (Lipinski definition) is 2. The number of carbonyl (C=O) groups is 1. The molecule has 0 aromatic carbocycles. The third-order valence-corrected chi connectivity index (χ3v) is 3.77. The van der Waals surface area contributed by atoms with Gasteiger partial charge in [-0.05, 0) is 45.7 Å². The highest BCUT2D eigenvalue weighted by Crippen LogP contribution is 2.26. The normalized spacial score (nSPS) is 28.0. The molecule has 0 bridgehead atoms. The van der Waals surface area contributed by atoms with Crippen LogP contribution in [0.3, 0.4) is 0 Å². The van der Waals surface area contributed by atoms with E-state index in [4.69, 9.17) is 5.73 Å². The maximum atomic E-state index is 11.1. The molecule has 0 aromatic rings. The lowest BCUT2D eigenvalue weighted by Crippen LogP contribution is -2.49. The summed E-state index contributed by atoms with van der Waals surface area (Å²) < 4.78 is 0. The number of hydrogen-bond acceptors (Lipinski definition) is 3. The number of primary amides is 1. The fourth-order valence-corrected chi connectivity index (χ4v) is 2.44. The predicted octanol–water partition coefficient (Wildman–Crippen LogP) is 0.570. The highest BCUT2D eigenvalue weighted by molar-refractivity contribution is 5.80. The van der Waals surface area contributed by atoms with Crippen molar-refractivity contribution in [3.63, 3.8) is 0 Å². The van der Waals surface area contributed by atoms with Crippen LogP contribution in [0.15, 0.2) is 0 Å². The van der Waals surface area contributed by atoms with Gasteiger partial charge in [-0.15, -0.1) is 0 Å². The molecule has 1 saturated carbocycles. The zero-order valence-electron chi connectivity index (χ0n) is 10.7. The monoisotopic (exact) mass is 227 g/mol. The van der Waals surface area contributed by atoms with E-state index in [2.05, 4.69) is 24.2 Å². The Morgan fingerprint density at radius 1 is 1.44 bits per heavy atom. The van der Waals surface area contributed by atoms with Crippen LogP contribution in [0.5, 0.6) is 0 Å². The Morgan fingerprint density at radius 2 is 2.00 bits per heavy atom. The molecule has 1 fully saturated rings. The van der Waals surface area contributed by atoms with Crippen LogP contribution in [-0.4, -0.2) is 43.5 Å². The van der Waals surface area contributed by atoms with E-state index in [-0.39, 0.29) is 11.9 Å². The molecule has 0 aromatic heterocycles. The van der Waals surface area contributed by atoms with E-state index >= 15 is 0 Å². The van der Waals surface area contributed by atoms with Crippen LogP contribution < -0.4 is 11.1 Å². The minimum absolute atomic E-state index is 0.232. The minimum Gasteiger partial charge on any atom is -0.368 e. The summed E-state index contributed by atoms with van der Waals surface area (Å²) in [6.45, 7) is 3.03. The van der Waals surface area contributed by atoms with Gasteiger partial charge in [0.05, 0.1) is 6.04 Å². The van der Waals surface area contributed by atoms with Crippen LogP contribution in [0.2, 0.25) is 0 Å². The third kappa shape index (κ3) is 3.76. The average Bonchev–Trinajstić information content (AvgIpc) is 2.26. The highest BCUT2D eigenvalue weighted by Gasteiger charge is 2.24. The van der Waals surface area contributed by atoms with Crippen LogP contribution >= 0.6 is 0 Å². The SMILES string of the molecule is CNC(CN(C)C1CCC(C)CC1)C(N)=O. The van der Waals surface area contributed by atoms with Gasteiger partial charge in [-0.1, -0.05) is 6.92 Å². The molecule has 4 heteroatoms. The van der Waals surface area contributed by atoms with Gasteiger partial charge in [0, 0.05) is 12.6 Å². The van der Waals surface area contributed by atoms with E-state index in [0.29, 0.717) is 12.6 Å². The van der Waals surface area contributed by atoms with Crippen LogP contribution in [0.1, 0.15) is 32.6 Å². The predicted molar refractivity (Wildman–Crippen MR) is 66.1 cm³/mol. The molecular formula is C12H25N3O. The minimum atomic E-state index is -0.265. The molecule has 1 aliphatic carbocycles. The van der Waals surface area contributed by atoms with E-state index in [9.17, 15) is 4.79 Å². The number of rotatable bonds is 5. The van der Waals surface area contributed by atoms with Crippen molar-refractivity contribution in [1.82, 2.24) is 10.2 Å². The van der Waals surface area contributed by atoms with Crippen molar-refractivity contribution in [3.05, 3.63) is 0 Å². The van der Waals surface area contributed by atoms with Crippen molar-refractivity contribution in [2.75, 3.05) is 20.6 Å². The van der Waals surface area contributed by atoms with Crippen LogP contribution in [0, 0.1) is 5.92 Å². The second-order valence-corrected chi connectivity index (χ2v) is 5.10. The second kappa shape index (κ2) is 6.21. The lowest BCUT2D eigenvalue weighted by molar-refractivity contribution is -0.120. The molecule has 4 nitrogen and oxygen atoms in total. The molecule has 1 aliphatic rings. The second-order valence-electron chi connectivity index (χ2n) is 5.10. The zero-order valence-corrected chi connectivity index (χ0v) is 10.7. The van der Waals surface area contributed by atoms with Crippen molar-refractivity contribution < 1.29 is 4.79 Å². The fourth-order valence-electron chi connectivity index (χ4n) is 2.44. The molecule has 94 valence electrons. The molecule has 0 radical (unpaired) electrons. The Labute approximate surface area is 98.6 Å². The topological polar surface area (TPSA) is 58.4 Å². The van der Waals surface area contributed by atoms with Gasteiger partial charge in [0.15, 0.2) is 0 Å². The van der Waals surface area contributed by atoms with Crippen molar-refractivity contribution in [3.8, 4) is 0 Å². The zero-order chi connectivity index (χ0) is 12.1.